The molecular weight excluding hydrogens is 172 g/mol. The van der Waals surface area contributed by atoms with Crippen LogP contribution in [0.5, 0.6) is 0 Å². The predicted molar refractivity (Wildman–Crippen MR) is 54.9 cm³/mol. The molecule has 1 nitrogen and oxygen atoms in total. The van der Waals surface area contributed by atoms with Gasteiger partial charge in [-0.1, -0.05) is 42.5 Å². The first kappa shape index (κ1) is 8.52. The van der Waals surface area contributed by atoms with Crippen molar-refractivity contribution in [2.24, 2.45) is 0 Å². The Balaban J connectivity index is 2.57. The Morgan fingerprint density at radius 2 is 1.93 bits per heavy atom. The molecule has 66 valence electrons. The first-order chi connectivity index (χ1) is 6.92. The van der Waals surface area contributed by atoms with Crippen LogP contribution < -0.4 is 0 Å². The van der Waals surface area contributed by atoms with Gasteiger partial charge in [-0.15, -0.1) is 0 Å². The molecule has 0 heterocycles. The first-order valence-electron chi connectivity index (χ1n) is 4.35. The second-order valence-electron chi connectivity index (χ2n) is 2.91. The van der Waals surface area contributed by atoms with E-state index in [2.05, 4.69) is 12.1 Å². The van der Waals surface area contributed by atoms with Crippen LogP contribution in [0.15, 0.2) is 42.5 Å². The highest BCUT2D eigenvalue weighted by atomic mass is 16.1. The summed E-state index contributed by atoms with van der Waals surface area (Å²) in [5, 5.41) is 0. The Kier molecular flexibility index (Phi) is 2.29. The summed E-state index contributed by atoms with van der Waals surface area (Å²) in [5.41, 5.74) is 2.48. The fourth-order valence-electron chi connectivity index (χ4n) is 1.36. The van der Waals surface area contributed by atoms with Gasteiger partial charge in [0.1, 0.15) is 0 Å². The summed E-state index contributed by atoms with van der Waals surface area (Å²) in [5.74, 6) is 0. The van der Waals surface area contributed by atoms with Crippen LogP contribution >= 0.6 is 0 Å². The number of carbonyl (C=O) groups is 1. The van der Waals surface area contributed by atoms with Gasteiger partial charge in [-0.25, -0.2) is 0 Å². The Hall–Kier alpha value is -2.07. The van der Waals surface area contributed by atoms with E-state index < -0.39 is 0 Å². The van der Waals surface area contributed by atoms with Gasteiger partial charge in [0.05, 0.1) is 0 Å². The van der Waals surface area contributed by atoms with E-state index in [0.717, 1.165) is 17.4 Å². The summed E-state index contributed by atoms with van der Waals surface area (Å²) in [6.45, 7) is 0. The highest BCUT2D eigenvalue weighted by Gasteiger charge is 2.01. The van der Waals surface area contributed by atoms with Gasteiger partial charge in [-0.2, -0.15) is 0 Å². The maximum Gasteiger partial charge on any atom is 0.150 e. The van der Waals surface area contributed by atoms with Crippen molar-refractivity contribution in [3.8, 4) is 11.1 Å². The summed E-state index contributed by atoms with van der Waals surface area (Å²) in [6, 6.07) is 18.9. The summed E-state index contributed by atoms with van der Waals surface area (Å²) < 4.78 is 0. The number of carbonyl (C=O) groups excluding carboxylic acids is 1. The zero-order valence-corrected chi connectivity index (χ0v) is 7.53. The Bertz CT molecular complexity index is 432. The number of hydrogen-bond donors (Lipinski definition) is 0. The lowest BCUT2D eigenvalue weighted by Gasteiger charge is -2.00. The zero-order valence-electron chi connectivity index (χ0n) is 7.53. The highest BCUT2D eigenvalue weighted by Crippen LogP contribution is 2.19. The molecule has 0 unspecified atom stereocenters. The zero-order chi connectivity index (χ0) is 9.80. The summed E-state index contributed by atoms with van der Waals surface area (Å²) in [4.78, 5) is 10.8. The Labute approximate surface area is 83.0 Å². The molecule has 0 spiro atoms. The SMILES string of the molecule is O=Cc1ccccc1-c1c#cccc1. The van der Waals surface area contributed by atoms with Gasteiger partial charge in [-0.05, 0) is 12.1 Å². The van der Waals surface area contributed by atoms with Crippen molar-refractivity contribution in [2.75, 3.05) is 0 Å². The molecule has 0 amide bonds. The van der Waals surface area contributed by atoms with Crippen molar-refractivity contribution in [2.45, 2.75) is 0 Å². The molecule has 1 heteroatoms. The van der Waals surface area contributed by atoms with Gasteiger partial charge in [0.15, 0.2) is 6.29 Å². The van der Waals surface area contributed by atoms with E-state index in [-0.39, 0.29) is 0 Å². The number of hydrogen-bond acceptors (Lipinski definition) is 1. The summed E-state index contributed by atoms with van der Waals surface area (Å²) in [7, 11) is 0. The lowest BCUT2D eigenvalue weighted by atomic mass is 10.0. The number of benzene rings is 1. The van der Waals surface area contributed by atoms with Gasteiger partial charge in [0.2, 0.25) is 0 Å². The van der Waals surface area contributed by atoms with Crippen molar-refractivity contribution in [1.82, 2.24) is 0 Å². The van der Waals surface area contributed by atoms with Crippen molar-refractivity contribution >= 4 is 6.29 Å². The van der Waals surface area contributed by atoms with Gasteiger partial charge in [0.25, 0.3) is 0 Å². The maximum absolute atomic E-state index is 10.8. The van der Waals surface area contributed by atoms with Crippen molar-refractivity contribution in [3.63, 3.8) is 0 Å². The van der Waals surface area contributed by atoms with Crippen molar-refractivity contribution < 1.29 is 4.79 Å². The molecular formula is C13H8O. The highest BCUT2D eigenvalue weighted by molar-refractivity contribution is 5.86. The average Bonchev–Trinajstić information content (AvgIpc) is 2.30. The quantitative estimate of drug-likeness (QED) is 0.649. The molecule has 0 aromatic heterocycles. The van der Waals surface area contributed by atoms with Gasteiger partial charge < -0.3 is 0 Å². The molecule has 0 radical (unpaired) electrons. The minimum Gasteiger partial charge on any atom is -0.298 e. The first-order valence-corrected chi connectivity index (χ1v) is 4.35. The van der Waals surface area contributed by atoms with E-state index in [4.69, 9.17) is 0 Å². The molecule has 0 N–H and O–H groups in total. The van der Waals surface area contributed by atoms with E-state index in [1.807, 2.05) is 30.3 Å². The topological polar surface area (TPSA) is 17.1 Å². The molecule has 14 heavy (non-hydrogen) atoms. The number of aldehydes is 1. The van der Waals surface area contributed by atoms with Crippen LogP contribution in [0, 0.1) is 12.1 Å². The third-order valence-corrected chi connectivity index (χ3v) is 2.03. The normalized spacial score (nSPS) is 9.14. The van der Waals surface area contributed by atoms with Crippen LogP contribution in [0.2, 0.25) is 0 Å². The molecule has 0 aliphatic carbocycles. The van der Waals surface area contributed by atoms with Crippen molar-refractivity contribution in [1.29, 1.82) is 0 Å². The van der Waals surface area contributed by atoms with E-state index in [9.17, 15) is 4.79 Å². The molecule has 0 fully saturated rings. The Morgan fingerprint density at radius 3 is 2.64 bits per heavy atom. The molecule has 0 aliphatic rings. The predicted octanol–water partition coefficient (Wildman–Crippen LogP) is 2.77. The lowest BCUT2D eigenvalue weighted by Crippen LogP contribution is -1.85. The van der Waals surface area contributed by atoms with Crippen LogP contribution in [-0.2, 0) is 0 Å². The van der Waals surface area contributed by atoms with Crippen LogP contribution in [-0.4, -0.2) is 6.29 Å². The van der Waals surface area contributed by atoms with Gasteiger partial charge >= 0.3 is 0 Å². The van der Waals surface area contributed by atoms with Crippen LogP contribution in [0.3, 0.4) is 0 Å². The lowest BCUT2D eigenvalue weighted by molar-refractivity contribution is 0.112. The van der Waals surface area contributed by atoms with E-state index in [1.54, 1.807) is 12.1 Å². The molecule has 0 atom stereocenters. The fourth-order valence-corrected chi connectivity index (χ4v) is 1.36. The minimum atomic E-state index is 0.684. The van der Waals surface area contributed by atoms with E-state index in [0.29, 0.717) is 5.56 Å². The molecule has 0 bridgehead atoms. The third kappa shape index (κ3) is 1.51. The molecule has 2 aromatic rings. The van der Waals surface area contributed by atoms with Crippen molar-refractivity contribution in [3.05, 3.63) is 60.2 Å². The van der Waals surface area contributed by atoms with Gasteiger partial charge in [0, 0.05) is 16.7 Å². The molecule has 0 saturated carbocycles. The van der Waals surface area contributed by atoms with Crippen LogP contribution in [0.25, 0.3) is 11.1 Å². The van der Waals surface area contributed by atoms with Gasteiger partial charge in [-0.3, -0.25) is 4.79 Å². The van der Waals surface area contributed by atoms with E-state index in [1.165, 1.54) is 0 Å². The van der Waals surface area contributed by atoms with E-state index >= 15 is 0 Å². The standard InChI is InChI=1S/C13H8O/c14-10-12-8-4-5-9-13(12)11-6-2-1-3-7-11/h1-2,4-6,8-10H. The van der Waals surface area contributed by atoms with Crippen LogP contribution in [0.1, 0.15) is 10.4 Å². The smallest absolute Gasteiger partial charge is 0.150 e. The summed E-state index contributed by atoms with van der Waals surface area (Å²) >= 11 is 0. The molecule has 2 aromatic carbocycles. The molecule has 0 aliphatic heterocycles. The number of rotatable bonds is 2. The molecule has 2 rings (SSSR count). The monoisotopic (exact) mass is 180 g/mol. The van der Waals surface area contributed by atoms with Crippen LogP contribution in [0.4, 0.5) is 0 Å². The maximum atomic E-state index is 10.8. The third-order valence-electron chi connectivity index (χ3n) is 2.03. The minimum absolute atomic E-state index is 0.684. The average molecular weight is 180 g/mol. The molecule has 0 saturated heterocycles. The second kappa shape index (κ2) is 3.76. The Morgan fingerprint density at radius 1 is 1.07 bits per heavy atom. The second-order valence-corrected chi connectivity index (χ2v) is 2.91. The largest absolute Gasteiger partial charge is 0.298 e. The summed E-state index contributed by atoms with van der Waals surface area (Å²) in [6.07, 6.45) is 0.857. The fraction of sp³-hybridized carbons (Fsp3) is 0.